The zero-order valence-electron chi connectivity index (χ0n) is 16.4. The van der Waals surface area contributed by atoms with E-state index in [0.29, 0.717) is 30.3 Å². The molecule has 2 heterocycles. The van der Waals surface area contributed by atoms with E-state index in [2.05, 4.69) is 0 Å². The fourth-order valence-electron chi connectivity index (χ4n) is 3.18. The molecule has 0 saturated carbocycles. The minimum atomic E-state index is -0.628. The summed E-state index contributed by atoms with van der Waals surface area (Å²) in [7, 11) is 0. The Kier molecular flexibility index (Phi) is 5.14. The maximum Gasteiger partial charge on any atom is 0.308 e. The van der Waals surface area contributed by atoms with E-state index >= 15 is 0 Å². The topological polar surface area (TPSA) is 101 Å². The molecule has 0 unspecified atom stereocenters. The highest BCUT2D eigenvalue weighted by Crippen LogP contribution is 2.35. The maximum absolute atomic E-state index is 13.3. The van der Waals surface area contributed by atoms with E-state index in [1.54, 1.807) is 18.2 Å². The van der Waals surface area contributed by atoms with Crippen molar-refractivity contribution in [1.82, 2.24) is 0 Å². The van der Waals surface area contributed by atoms with Gasteiger partial charge in [0.2, 0.25) is 5.43 Å². The van der Waals surface area contributed by atoms with Crippen LogP contribution in [0.3, 0.4) is 0 Å². The van der Waals surface area contributed by atoms with Gasteiger partial charge in [-0.1, -0.05) is 6.07 Å². The van der Waals surface area contributed by atoms with Crippen LogP contribution in [0, 0.1) is 0 Å². The van der Waals surface area contributed by atoms with Crippen molar-refractivity contribution in [3.8, 4) is 34.1 Å². The summed E-state index contributed by atoms with van der Waals surface area (Å²) in [6.45, 7) is 3.51. The van der Waals surface area contributed by atoms with Crippen molar-refractivity contribution in [2.45, 2.75) is 20.3 Å². The third-order valence-electron chi connectivity index (χ3n) is 4.39. The number of carbonyl (C=O) groups is 2. The Bertz CT molecular complexity index is 1210. The van der Waals surface area contributed by atoms with Crippen molar-refractivity contribution in [2.75, 3.05) is 13.2 Å². The zero-order chi connectivity index (χ0) is 21.3. The summed E-state index contributed by atoms with van der Waals surface area (Å²) in [5.41, 5.74) is 0.531. The molecule has 8 heteroatoms. The number of rotatable bonds is 3. The molecule has 3 aromatic rings. The first-order chi connectivity index (χ1) is 14.4. The van der Waals surface area contributed by atoms with Crippen LogP contribution in [0.2, 0.25) is 0 Å². The number of carbonyl (C=O) groups excluding carboxylic acids is 2. The van der Waals surface area contributed by atoms with Crippen molar-refractivity contribution in [2.24, 2.45) is 0 Å². The number of ether oxygens (including phenoxy) is 4. The third kappa shape index (κ3) is 3.84. The molecule has 0 atom stereocenters. The lowest BCUT2D eigenvalue weighted by Gasteiger charge is -2.11. The Morgan fingerprint density at radius 2 is 1.67 bits per heavy atom. The van der Waals surface area contributed by atoms with Gasteiger partial charge in [0.1, 0.15) is 28.7 Å². The van der Waals surface area contributed by atoms with Crippen LogP contribution < -0.4 is 24.4 Å². The van der Waals surface area contributed by atoms with Crippen LogP contribution in [-0.2, 0) is 9.59 Å². The van der Waals surface area contributed by atoms with Crippen molar-refractivity contribution in [3.05, 3.63) is 46.8 Å². The minimum Gasteiger partial charge on any atom is -0.490 e. The summed E-state index contributed by atoms with van der Waals surface area (Å²) in [5, 5.41) is 0.0608. The summed E-state index contributed by atoms with van der Waals surface area (Å²) in [6.07, 6.45) is 2.07. The van der Waals surface area contributed by atoms with E-state index < -0.39 is 17.4 Å². The fourth-order valence-corrected chi connectivity index (χ4v) is 3.18. The number of benzene rings is 2. The molecule has 4 rings (SSSR count). The molecule has 0 saturated heterocycles. The maximum atomic E-state index is 13.3. The van der Waals surface area contributed by atoms with Crippen LogP contribution in [0.5, 0.6) is 23.0 Å². The molecule has 0 radical (unpaired) electrons. The number of fused-ring (bicyclic) bond motifs is 2. The van der Waals surface area contributed by atoms with Gasteiger partial charge >= 0.3 is 11.9 Å². The van der Waals surface area contributed by atoms with Gasteiger partial charge in [0, 0.05) is 32.4 Å². The quantitative estimate of drug-likeness (QED) is 0.478. The summed E-state index contributed by atoms with van der Waals surface area (Å²) in [6, 6.07) is 7.86. The van der Waals surface area contributed by atoms with Gasteiger partial charge in [0.15, 0.2) is 11.5 Å². The highest BCUT2D eigenvalue weighted by Gasteiger charge is 2.19. The Hall–Kier alpha value is -3.81. The van der Waals surface area contributed by atoms with Gasteiger partial charge in [-0.3, -0.25) is 14.4 Å². The lowest BCUT2D eigenvalue weighted by molar-refractivity contribution is -0.132. The van der Waals surface area contributed by atoms with Crippen molar-refractivity contribution in [1.29, 1.82) is 0 Å². The Balaban J connectivity index is 1.87. The van der Waals surface area contributed by atoms with E-state index in [1.807, 2.05) is 0 Å². The predicted molar refractivity (Wildman–Crippen MR) is 106 cm³/mol. The molecule has 0 bridgehead atoms. The lowest BCUT2D eigenvalue weighted by Crippen LogP contribution is -2.10. The largest absolute Gasteiger partial charge is 0.490 e. The molecule has 0 amide bonds. The Labute approximate surface area is 170 Å². The fraction of sp³-hybridized carbons (Fsp3) is 0.227. The first kappa shape index (κ1) is 19.5. The SMILES string of the molecule is CC(=O)Oc1cc(OC(C)=O)c2c(=O)c(-c3ccc4c(c3)OCCCO4)coc2c1. The Morgan fingerprint density at radius 3 is 2.40 bits per heavy atom. The lowest BCUT2D eigenvalue weighted by atomic mass is 10.0. The van der Waals surface area contributed by atoms with Crippen LogP contribution in [0.15, 0.2) is 45.8 Å². The molecular weight excluding hydrogens is 392 g/mol. The molecule has 1 aliphatic heterocycles. The van der Waals surface area contributed by atoms with Crippen LogP contribution >= 0.6 is 0 Å². The predicted octanol–water partition coefficient (Wildman–Crippen LogP) is 3.47. The second kappa shape index (κ2) is 7.90. The van der Waals surface area contributed by atoms with Crippen LogP contribution in [0.25, 0.3) is 22.1 Å². The molecule has 2 aromatic carbocycles. The van der Waals surface area contributed by atoms with E-state index in [9.17, 15) is 14.4 Å². The van der Waals surface area contributed by atoms with Crippen LogP contribution in [0.4, 0.5) is 0 Å². The summed E-state index contributed by atoms with van der Waals surface area (Å²) in [4.78, 5) is 36.1. The second-order valence-corrected chi connectivity index (χ2v) is 6.67. The average Bonchev–Trinajstić information content (AvgIpc) is 2.92. The van der Waals surface area contributed by atoms with Gasteiger partial charge in [0.05, 0.1) is 18.8 Å². The van der Waals surface area contributed by atoms with E-state index in [0.717, 1.165) is 6.42 Å². The van der Waals surface area contributed by atoms with Gasteiger partial charge in [-0.2, -0.15) is 0 Å². The molecular formula is C22H18O8. The van der Waals surface area contributed by atoms with Crippen molar-refractivity contribution >= 4 is 22.9 Å². The number of esters is 2. The summed E-state index contributed by atoms with van der Waals surface area (Å²) < 4.78 is 27.2. The highest BCUT2D eigenvalue weighted by molar-refractivity contribution is 5.91. The molecule has 0 fully saturated rings. The summed E-state index contributed by atoms with van der Waals surface area (Å²) in [5.74, 6) is -0.00664. The van der Waals surface area contributed by atoms with Gasteiger partial charge in [0.25, 0.3) is 0 Å². The van der Waals surface area contributed by atoms with Gasteiger partial charge in [-0.05, 0) is 17.7 Å². The molecule has 154 valence electrons. The smallest absolute Gasteiger partial charge is 0.308 e. The zero-order valence-corrected chi connectivity index (χ0v) is 16.4. The van der Waals surface area contributed by atoms with Gasteiger partial charge < -0.3 is 23.4 Å². The van der Waals surface area contributed by atoms with Crippen molar-refractivity contribution < 1.29 is 33.0 Å². The Morgan fingerprint density at radius 1 is 0.933 bits per heavy atom. The second-order valence-electron chi connectivity index (χ2n) is 6.67. The average molecular weight is 410 g/mol. The molecule has 0 aliphatic carbocycles. The first-order valence-corrected chi connectivity index (χ1v) is 9.29. The molecule has 8 nitrogen and oxygen atoms in total. The van der Waals surface area contributed by atoms with Gasteiger partial charge in [-0.25, -0.2) is 0 Å². The third-order valence-corrected chi connectivity index (χ3v) is 4.39. The monoisotopic (exact) mass is 410 g/mol. The molecule has 0 N–H and O–H groups in total. The van der Waals surface area contributed by atoms with Crippen molar-refractivity contribution in [3.63, 3.8) is 0 Å². The summed E-state index contributed by atoms with van der Waals surface area (Å²) >= 11 is 0. The van der Waals surface area contributed by atoms with Crippen LogP contribution in [-0.4, -0.2) is 25.2 Å². The molecule has 1 aliphatic rings. The molecule has 30 heavy (non-hydrogen) atoms. The molecule has 0 spiro atoms. The normalized spacial score (nSPS) is 12.9. The highest BCUT2D eigenvalue weighted by atomic mass is 16.5. The number of hydrogen-bond acceptors (Lipinski definition) is 8. The van der Waals surface area contributed by atoms with E-state index in [4.69, 9.17) is 23.4 Å². The number of hydrogen-bond donors (Lipinski definition) is 0. The van der Waals surface area contributed by atoms with E-state index in [1.165, 1.54) is 32.2 Å². The van der Waals surface area contributed by atoms with E-state index in [-0.39, 0.29) is 28.0 Å². The first-order valence-electron chi connectivity index (χ1n) is 9.29. The standard InChI is InChI=1S/C22H18O8/c1-12(23)29-15-9-19-21(20(10-15)30-13(2)24)22(25)16(11-28-19)14-4-5-17-18(8-14)27-7-3-6-26-17/h4-5,8-11H,3,6-7H2,1-2H3. The van der Waals surface area contributed by atoms with Gasteiger partial charge in [-0.15, -0.1) is 0 Å². The minimum absolute atomic E-state index is 0.0545. The molecule has 1 aromatic heterocycles. The van der Waals surface area contributed by atoms with Crippen LogP contribution in [0.1, 0.15) is 20.3 Å².